The minimum atomic E-state index is -1.60. The van der Waals surface area contributed by atoms with Crippen LogP contribution in [-0.4, -0.2) is 89.0 Å². The lowest BCUT2D eigenvalue weighted by Gasteiger charge is -2.39. The Morgan fingerprint density at radius 3 is 1.58 bits per heavy atom. The first kappa shape index (κ1) is 50.9. The highest BCUT2D eigenvalue weighted by molar-refractivity contribution is 5.70. The number of aliphatic hydroxyl groups excluding tert-OH is 4. The van der Waals surface area contributed by atoms with Gasteiger partial charge >= 0.3 is 11.9 Å². The van der Waals surface area contributed by atoms with Gasteiger partial charge < -0.3 is 39.4 Å². The molecule has 55 heavy (non-hydrogen) atoms. The van der Waals surface area contributed by atoms with Crippen molar-refractivity contribution < 1.29 is 49.0 Å². The highest BCUT2D eigenvalue weighted by Gasteiger charge is 2.44. The number of esters is 2. The summed E-state index contributed by atoms with van der Waals surface area (Å²) in [5.41, 5.74) is 0. The van der Waals surface area contributed by atoms with Crippen molar-refractivity contribution in [2.24, 2.45) is 0 Å². The van der Waals surface area contributed by atoms with Crippen LogP contribution < -0.4 is 0 Å². The van der Waals surface area contributed by atoms with Gasteiger partial charge in [0, 0.05) is 12.8 Å². The fraction of sp³-hybridized carbons (Fsp3) is 0.822. The van der Waals surface area contributed by atoms with E-state index in [2.05, 4.69) is 50.3 Å². The summed E-state index contributed by atoms with van der Waals surface area (Å²) in [6, 6.07) is 0. The Morgan fingerprint density at radius 2 is 1.02 bits per heavy atom. The minimum absolute atomic E-state index is 0.197. The predicted octanol–water partition coefficient (Wildman–Crippen LogP) is 9.11. The minimum Gasteiger partial charge on any atom is -0.462 e. The molecule has 1 heterocycles. The van der Waals surface area contributed by atoms with Gasteiger partial charge in [0.25, 0.3) is 0 Å². The van der Waals surface area contributed by atoms with Crippen molar-refractivity contribution in [1.29, 1.82) is 0 Å². The first-order chi connectivity index (χ1) is 26.8. The van der Waals surface area contributed by atoms with E-state index in [1.807, 2.05) is 0 Å². The van der Waals surface area contributed by atoms with E-state index in [1.54, 1.807) is 0 Å². The molecule has 10 heteroatoms. The average molecular weight is 781 g/mol. The van der Waals surface area contributed by atoms with Gasteiger partial charge in [-0.15, -0.1) is 0 Å². The van der Waals surface area contributed by atoms with E-state index in [-0.39, 0.29) is 26.1 Å². The summed E-state index contributed by atoms with van der Waals surface area (Å²) >= 11 is 0. The molecule has 1 aliphatic heterocycles. The number of hydrogen-bond donors (Lipinski definition) is 4. The van der Waals surface area contributed by atoms with Gasteiger partial charge in [-0.25, -0.2) is 0 Å². The molecule has 1 saturated heterocycles. The number of ether oxygens (including phenoxy) is 4. The maximum atomic E-state index is 12.7. The van der Waals surface area contributed by atoms with Crippen LogP contribution in [0.5, 0.6) is 0 Å². The molecule has 0 amide bonds. The van der Waals surface area contributed by atoms with Crippen LogP contribution in [0.4, 0.5) is 0 Å². The fourth-order valence-electron chi connectivity index (χ4n) is 6.47. The lowest BCUT2D eigenvalue weighted by molar-refractivity contribution is -0.305. The number of carbonyl (C=O) groups is 2. The van der Waals surface area contributed by atoms with Crippen molar-refractivity contribution in [3.05, 3.63) is 36.5 Å². The summed E-state index contributed by atoms with van der Waals surface area (Å²) in [6.07, 6.45) is 32.9. The molecule has 0 spiro atoms. The Morgan fingerprint density at radius 1 is 0.564 bits per heavy atom. The monoisotopic (exact) mass is 781 g/mol. The molecule has 0 saturated carbocycles. The summed E-state index contributed by atoms with van der Waals surface area (Å²) in [5, 5.41) is 40.0. The molecule has 1 rings (SSSR count). The summed E-state index contributed by atoms with van der Waals surface area (Å²) < 4.78 is 22.1. The lowest BCUT2D eigenvalue weighted by atomic mass is 9.99. The molecular weight excluding hydrogens is 700 g/mol. The number of allylic oxidation sites excluding steroid dienone is 6. The number of hydrogen-bond acceptors (Lipinski definition) is 10. The predicted molar refractivity (Wildman–Crippen MR) is 219 cm³/mol. The lowest BCUT2D eigenvalue weighted by Crippen LogP contribution is -2.59. The van der Waals surface area contributed by atoms with E-state index in [0.29, 0.717) is 12.8 Å². The molecule has 4 N–H and O–H groups in total. The summed E-state index contributed by atoms with van der Waals surface area (Å²) in [4.78, 5) is 25.3. The van der Waals surface area contributed by atoms with Gasteiger partial charge in [-0.2, -0.15) is 0 Å². The zero-order valence-corrected chi connectivity index (χ0v) is 34.7. The van der Waals surface area contributed by atoms with Crippen molar-refractivity contribution in [2.75, 3.05) is 19.8 Å². The van der Waals surface area contributed by atoms with Crippen molar-refractivity contribution in [2.45, 2.75) is 218 Å². The highest BCUT2D eigenvalue weighted by atomic mass is 16.7. The normalized spacial score (nSPS) is 20.9. The molecule has 0 aromatic rings. The average Bonchev–Trinajstić information content (AvgIpc) is 3.18. The maximum Gasteiger partial charge on any atom is 0.306 e. The molecule has 10 nitrogen and oxygen atoms in total. The second kappa shape index (κ2) is 36.3. The Bertz CT molecular complexity index is 996. The summed E-state index contributed by atoms with van der Waals surface area (Å²) in [7, 11) is 0. The standard InChI is InChI=1S/C45H80O10/c1-3-5-7-9-11-13-15-17-19-21-23-25-27-29-31-33-40(47)52-36-38(37-53-45-44(51)43(50)42(49)39(35-46)55-45)54-41(48)34-32-30-28-26-24-22-20-18-16-14-12-10-8-6-4-2/h13,15,17,19,24,26,38-39,42-46,49-51H,3-12,14,16,18,20-23,25,27-37H2,1-2H3/b15-13+,19-17+,26-24+/t38-,39-,42+,43?,44?,45-/m0/s1. The molecule has 6 atom stereocenters. The largest absolute Gasteiger partial charge is 0.462 e. The number of unbranched alkanes of at least 4 members (excludes halogenated alkanes) is 20. The third kappa shape index (κ3) is 28.0. The highest BCUT2D eigenvalue weighted by Crippen LogP contribution is 2.22. The van der Waals surface area contributed by atoms with Gasteiger partial charge in [0.15, 0.2) is 12.4 Å². The second-order valence-corrected chi connectivity index (χ2v) is 15.2. The molecule has 1 aliphatic rings. The number of carbonyl (C=O) groups excluding carboxylic acids is 2. The Hall–Kier alpha value is -2.08. The van der Waals surface area contributed by atoms with E-state index in [4.69, 9.17) is 18.9 Å². The number of rotatable bonds is 36. The van der Waals surface area contributed by atoms with Gasteiger partial charge in [-0.1, -0.05) is 140 Å². The van der Waals surface area contributed by atoms with Crippen LogP contribution in [0.15, 0.2) is 36.5 Å². The SMILES string of the molecule is CCCCCC/C=C/C=C/CCCCCCCC(=O)OC[C@@H](CO[C@H]1O[C@@H](CO)[C@@H](O)C(O)C1O)OC(=O)CCCC/C=C/CCCCCCCCCCC. The van der Waals surface area contributed by atoms with Crippen LogP contribution in [-0.2, 0) is 28.5 Å². The Labute approximate surface area is 334 Å². The van der Waals surface area contributed by atoms with Gasteiger partial charge in [0.05, 0.1) is 13.2 Å². The zero-order chi connectivity index (χ0) is 40.2. The molecule has 1 fully saturated rings. The molecule has 0 radical (unpaired) electrons. The van der Waals surface area contributed by atoms with E-state index < -0.39 is 55.4 Å². The molecule has 320 valence electrons. The van der Waals surface area contributed by atoms with Crippen molar-refractivity contribution in [1.82, 2.24) is 0 Å². The third-order valence-corrected chi connectivity index (χ3v) is 10.0. The first-order valence-electron chi connectivity index (χ1n) is 22.1. The fourth-order valence-corrected chi connectivity index (χ4v) is 6.47. The molecule has 0 aliphatic carbocycles. The van der Waals surface area contributed by atoms with Gasteiger partial charge in [-0.05, 0) is 64.2 Å². The third-order valence-electron chi connectivity index (χ3n) is 10.0. The van der Waals surface area contributed by atoms with E-state index >= 15 is 0 Å². The summed E-state index contributed by atoms with van der Waals surface area (Å²) in [5.74, 6) is -0.849. The van der Waals surface area contributed by atoms with Crippen LogP contribution in [0.2, 0.25) is 0 Å². The van der Waals surface area contributed by atoms with Crippen molar-refractivity contribution in [3.63, 3.8) is 0 Å². The van der Waals surface area contributed by atoms with Gasteiger partial charge in [0.2, 0.25) is 0 Å². The quantitative estimate of drug-likeness (QED) is 0.0210. The van der Waals surface area contributed by atoms with Crippen molar-refractivity contribution >= 4 is 11.9 Å². The molecule has 2 unspecified atom stereocenters. The topological polar surface area (TPSA) is 152 Å². The number of aliphatic hydroxyl groups is 4. The van der Waals surface area contributed by atoms with Gasteiger partial charge in [-0.3, -0.25) is 9.59 Å². The van der Waals surface area contributed by atoms with Crippen LogP contribution in [0.25, 0.3) is 0 Å². The Balaban J connectivity index is 2.37. The summed E-state index contributed by atoms with van der Waals surface area (Å²) in [6.45, 7) is 3.36. The first-order valence-corrected chi connectivity index (χ1v) is 22.1. The van der Waals surface area contributed by atoms with Crippen molar-refractivity contribution in [3.8, 4) is 0 Å². The van der Waals surface area contributed by atoms with Crippen LogP contribution >= 0.6 is 0 Å². The van der Waals surface area contributed by atoms with Crippen LogP contribution in [0.3, 0.4) is 0 Å². The van der Waals surface area contributed by atoms with Crippen LogP contribution in [0, 0.1) is 0 Å². The van der Waals surface area contributed by atoms with E-state index in [1.165, 1.54) is 83.5 Å². The van der Waals surface area contributed by atoms with Gasteiger partial charge in [0.1, 0.15) is 31.0 Å². The van der Waals surface area contributed by atoms with E-state index in [9.17, 15) is 30.0 Å². The molecule has 0 bridgehead atoms. The zero-order valence-electron chi connectivity index (χ0n) is 34.7. The van der Waals surface area contributed by atoms with E-state index in [0.717, 1.165) is 57.8 Å². The Kier molecular flexibility index (Phi) is 33.6. The molecular formula is C45H80O10. The van der Waals surface area contributed by atoms with Crippen LogP contribution in [0.1, 0.15) is 181 Å². The maximum absolute atomic E-state index is 12.7. The second-order valence-electron chi connectivity index (χ2n) is 15.2. The smallest absolute Gasteiger partial charge is 0.306 e. The molecule has 0 aromatic heterocycles. The molecule has 0 aromatic carbocycles.